The summed E-state index contributed by atoms with van der Waals surface area (Å²) in [5.41, 5.74) is 6.24. The van der Waals surface area contributed by atoms with E-state index < -0.39 is 12.6 Å². The number of hydrogen-bond acceptors (Lipinski definition) is 6. The maximum absolute atomic E-state index is 10.8. The third-order valence-corrected chi connectivity index (χ3v) is 5.64. The van der Waals surface area contributed by atoms with Gasteiger partial charge in [0, 0.05) is 17.5 Å². The molecule has 0 aliphatic rings. The van der Waals surface area contributed by atoms with Crippen LogP contribution in [0, 0.1) is 20.8 Å². The topological polar surface area (TPSA) is 94.2 Å². The molecule has 7 nitrogen and oxygen atoms in total. The number of oxazole rings is 1. The van der Waals surface area contributed by atoms with Gasteiger partial charge >= 0.3 is 5.97 Å². The third kappa shape index (κ3) is 6.39. The molecule has 0 saturated carbocycles. The van der Waals surface area contributed by atoms with Crippen LogP contribution >= 0.6 is 0 Å². The Morgan fingerprint density at radius 3 is 2.44 bits per heavy atom. The molecule has 36 heavy (non-hydrogen) atoms. The minimum Gasteiger partial charge on any atom is -0.482 e. The summed E-state index contributed by atoms with van der Waals surface area (Å²) in [7, 11) is 0. The number of carboxylic acid groups (broad SMARTS) is 1. The molecule has 0 radical (unpaired) electrons. The number of oxime groups is 1. The van der Waals surface area contributed by atoms with Gasteiger partial charge in [0.05, 0.1) is 5.71 Å². The summed E-state index contributed by atoms with van der Waals surface area (Å²) in [6.45, 7) is 5.53. The monoisotopic (exact) mass is 484 g/mol. The van der Waals surface area contributed by atoms with Gasteiger partial charge in [0.15, 0.2) is 13.2 Å². The van der Waals surface area contributed by atoms with Crippen LogP contribution in [-0.4, -0.2) is 28.4 Å². The van der Waals surface area contributed by atoms with Crippen LogP contribution in [-0.2, 0) is 22.7 Å². The number of nitrogens with zero attached hydrogens (tertiary/aromatic N) is 2. The van der Waals surface area contributed by atoms with Crippen molar-refractivity contribution in [2.24, 2.45) is 5.16 Å². The summed E-state index contributed by atoms with van der Waals surface area (Å²) in [6.07, 6.45) is 0.558. The lowest BCUT2D eigenvalue weighted by Crippen LogP contribution is -2.11. The maximum atomic E-state index is 10.8. The molecule has 1 heterocycles. The van der Waals surface area contributed by atoms with Crippen LogP contribution in [0.15, 0.2) is 82.4 Å². The molecule has 0 amide bonds. The van der Waals surface area contributed by atoms with E-state index >= 15 is 0 Å². The zero-order chi connectivity index (χ0) is 25.5. The Kier molecular flexibility index (Phi) is 7.80. The van der Waals surface area contributed by atoms with Crippen LogP contribution in [0.4, 0.5) is 0 Å². The van der Waals surface area contributed by atoms with Crippen molar-refractivity contribution < 1.29 is 23.9 Å². The van der Waals surface area contributed by atoms with E-state index in [2.05, 4.69) is 10.1 Å². The summed E-state index contributed by atoms with van der Waals surface area (Å²) >= 11 is 0. The fourth-order valence-corrected chi connectivity index (χ4v) is 3.66. The lowest BCUT2D eigenvalue weighted by atomic mass is 10.0. The van der Waals surface area contributed by atoms with E-state index in [9.17, 15) is 4.79 Å². The second-order valence-electron chi connectivity index (χ2n) is 8.52. The van der Waals surface area contributed by atoms with Crippen molar-refractivity contribution in [3.63, 3.8) is 0 Å². The molecule has 1 N–H and O–H groups in total. The van der Waals surface area contributed by atoms with Crippen molar-refractivity contribution in [1.29, 1.82) is 0 Å². The Morgan fingerprint density at radius 1 is 1.00 bits per heavy atom. The Morgan fingerprint density at radius 2 is 1.75 bits per heavy atom. The fourth-order valence-electron chi connectivity index (χ4n) is 3.66. The first-order valence-electron chi connectivity index (χ1n) is 11.6. The first kappa shape index (κ1) is 24.7. The molecule has 3 aromatic carbocycles. The highest BCUT2D eigenvalue weighted by Gasteiger charge is 2.14. The summed E-state index contributed by atoms with van der Waals surface area (Å²) in [5, 5.41) is 13.4. The number of hydrogen-bond donors (Lipinski definition) is 1. The number of rotatable bonds is 10. The standard InChI is InChI=1S/C29H28N2O5/c1-19-9-11-23(12-10-19)29-30-26(21(3)36-29)17-35-31-25(16-22-7-5-4-6-8-22)24-13-14-27(20(2)15-24)34-18-28(32)33/h4-15H,16-18H2,1-3H3,(H,32,33). The molecular formula is C29H28N2O5. The molecule has 184 valence electrons. The molecule has 0 atom stereocenters. The van der Waals surface area contributed by atoms with E-state index in [1.54, 1.807) is 6.07 Å². The van der Waals surface area contributed by atoms with Crippen molar-refractivity contribution in [2.75, 3.05) is 6.61 Å². The highest BCUT2D eigenvalue weighted by molar-refractivity contribution is 6.01. The second kappa shape index (κ2) is 11.4. The van der Waals surface area contributed by atoms with E-state index in [0.717, 1.165) is 28.0 Å². The first-order chi connectivity index (χ1) is 17.4. The summed E-state index contributed by atoms with van der Waals surface area (Å²) in [4.78, 5) is 21.2. The molecule has 0 aliphatic carbocycles. The molecule has 0 fully saturated rings. The zero-order valence-electron chi connectivity index (χ0n) is 20.5. The van der Waals surface area contributed by atoms with Crippen LogP contribution < -0.4 is 4.74 Å². The molecular weight excluding hydrogens is 456 g/mol. The maximum Gasteiger partial charge on any atom is 0.341 e. The van der Waals surface area contributed by atoms with Gasteiger partial charge in [0.1, 0.15) is 17.2 Å². The Labute approximate surface area is 210 Å². The molecule has 4 rings (SSSR count). The summed E-state index contributed by atoms with van der Waals surface area (Å²) in [6, 6.07) is 23.5. The van der Waals surface area contributed by atoms with Crippen LogP contribution in [0.1, 0.15) is 33.7 Å². The van der Waals surface area contributed by atoms with E-state index in [0.29, 0.717) is 29.5 Å². The number of aryl methyl sites for hydroxylation is 3. The minimum atomic E-state index is -1.02. The van der Waals surface area contributed by atoms with Crippen molar-refractivity contribution in [1.82, 2.24) is 4.98 Å². The van der Waals surface area contributed by atoms with E-state index in [1.807, 2.05) is 87.5 Å². The van der Waals surface area contributed by atoms with Crippen molar-refractivity contribution in [3.8, 4) is 17.2 Å². The molecule has 4 aromatic rings. The van der Waals surface area contributed by atoms with Crippen molar-refractivity contribution in [2.45, 2.75) is 33.8 Å². The predicted octanol–water partition coefficient (Wildman–Crippen LogP) is 5.89. The van der Waals surface area contributed by atoms with Gasteiger partial charge in [-0.2, -0.15) is 0 Å². The normalized spacial score (nSPS) is 11.4. The molecule has 0 aliphatic heterocycles. The molecule has 0 unspecified atom stereocenters. The SMILES string of the molecule is Cc1ccc(-c2nc(CON=C(Cc3ccccc3)c3ccc(OCC(=O)O)c(C)c3)c(C)o2)cc1. The van der Waals surface area contributed by atoms with Crippen molar-refractivity contribution in [3.05, 3.63) is 107 Å². The second-order valence-corrected chi connectivity index (χ2v) is 8.52. The quantitative estimate of drug-likeness (QED) is 0.223. The molecule has 0 saturated heterocycles. The highest BCUT2D eigenvalue weighted by Crippen LogP contribution is 2.24. The largest absolute Gasteiger partial charge is 0.482 e. The number of aliphatic carboxylic acids is 1. The van der Waals surface area contributed by atoms with Gasteiger partial charge < -0.3 is 19.1 Å². The Hall–Kier alpha value is -4.39. The zero-order valence-corrected chi connectivity index (χ0v) is 20.5. The highest BCUT2D eigenvalue weighted by atomic mass is 16.6. The van der Waals surface area contributed by atoms with Gasteiger partial charge in [-0.1, -0.05) is 53.2 Å². The van der Waals surface area contributed by atoms with Crippen LogP contribution in [0.5, 0.6) is 5.75 Å². The average molecular weight is 485 g/mol. The first-order valence-corrected chi connectivity index (χ1v) is 11.6. The minimum absolute atomic E-state index is 0.165. The Balaban J connectivity index is 1.54. The lowest BCUT2D eigenvalue weighted by Gasteiger charge is -2.11. The van der Waals surface area contributed by atoms with Crippen LogP contribution in [0.25, 0.3) is 11.5 Å². The van der Waals surface area contributed by atoms with Crippen LogP contribution in [0.2, 0.25) is 0 Å². The van der Waals surface area contributed by atoms with E-state index in [-0.39, 0.29) is 6.61 Å². The summed E-state index contributed by atoms with van der Waals surface area (Å²) < 4.78 is 11.2. The molecule has 0 spiro atoms. The van der Waals surface area contributed by atoms with Gasteiger partial charge in [-0.15, -0.1) is 0 Å². The van der Waals surface area contributed by atoms with Gasteiger partial charge in [-0.3, -0.25) is 0 Å². The summed E-state index contributed by atoms with van der Waals surface area (Å²) in [5.74, 6) is 0.725. The smallest absolute Gasteiger partial charge is 0.341 e. The van der Waals surface area contributed by atoms with Gasteiger partial charge in [-0.25, -0.2) is 9.78 Å². The molecule has 7 heteroatoms. The van der Waals surface area contributed by atoms with E-state index in [4.69, 9.17) is 19.1 Å². The van der Waals surface area contributed by atoms with Crippen molar-refractivity contribution >= 4 is 11.7 Å². The predicted molar refractivity (Wildman–Crippen MR) is 137 cm³/mol. The number of carbonyl (C=O) groups is 1. The van der Waals surface area contributed by atoms with Gasteiger partial charge in [-0.05, 0) is 62.2 Å². The van der Waals surface area contributed by atoms with Gasteiger partial charge in [0.25, 0.3) is 0 Å². The average Bonchev–Trinajstić information content (AvgIpc) is 3.24. The fraction of sp³-hybridized carbons (Fsp3) is 0.207. The number of benzene rings is 3. The lowest BCUT2D eigenvalue weighted by molar-refractivity contribution is -0.139. The molecule has 1 aromatic heterocycles. The van der Waals surface area contributed by atoms with Gasteiger partial charge in [0.2, 0.25) is 5.89 Å². The van der Waals surface area contributed by atoms with Crippen LogP contribution in [0.3, 0.4) is 0 Å². The number of ether oxygens (including phenoxy) is 1. The number of aromatic nitrogens is 1. The molecule has 0 bridgehead atoms. The Bertz CT molecular complexity index is 1360. The van der Waals surface area contributed by atoms with E-state index in [1.165, 1.54) is 5.56 Å². The number of carboxylic acids is 1. The third-order valence-electron chi connectivity index (χ3n) is 5.64.